The fourth-order valence-electron chi connectivity index (χ4n) is 1.58. The van der Waals surface area contributed by atoms with E-state index in [9.17, 15) is 0 Å². The van der Waals surface area contributed by atoms with Gasteiger partial charge in [0.15, 0.2) is 0 Å². The van der Waals surface area contributed by atoms with E-state index in [4.69, 9.17) is 14.2 Å². The number of rotatable bonds is 3. The van der Waals surface area contributed by atoms with Crippen LogP contribution in [0.2, 0.25) is 0 Å². The lowest BCUT2D eigenvalue weighted by Gasteiger charge is -2.33. The van der Waals surface area contributed by atoms with Crippen LogP contribution in [0.15, 0.2) is 0 Å². The van der Waals surface area contributed by atoms with Crippen molar-refractivity contribution < 1.29 is 14.2 Å². The van der Waals surface area contributed by atoms with Gasteiger partial charge in [-0.25, -0.2) is 0 Å². The minimum Gasteiger partial charge on any atom is -0.382 e. The molecule has 1 saturated heterocycles. The zero-order valence-electron chi connectivity index (χ0n) is 8.08. The molecule has 0 amide bonds. The monoisotopic (exact) mass is 174 g/mol. The first kappa shape index (κ1) is 9.96. The number of hydrogen-bond acceptors (Lipinski definition) is 3. The second-order valence-electron chi connectivity index (χ2n) is 3.44. The molecule has 0 aromatic heterocycles. The number of methoxy groups -OCH3 is 2. The summed E-state index contributed by atoms with van der Waals surface area (Å²) in [4.78, 5) is 0. The van der Waals surface area contributed by atoms with Gasteiger partial charge in [0.2, 0.25) is 0 Å². The third-order valence-electron chi connectivity index (χ3n) is 2.28. The third kappa shape index (κ3) is 2.44. The molecular weight excluding hydrogens is 156 g/mol. The minimum absolute atomic E-state index is 0.121. The van der Waals surface area contributed by atoms with E-state index < -0.39 is 0 Å². The second-order valence-corrected chi connectivity index (χ2v) is 3.44. The zero-order chi connectivity index (χ0) is 8.97. The zero-order valence-corrected chi connectivity index (χ0v) is 8.08. The molecule has 0 aromatic carbocycles. The first-order valence-electron chi connectivity index (χ1n) is 4.41. The molecule has 72 valence electrons. The van der Waals surface area contributed by atoms with E-state index in [-0.39, 0.29) is 12.2 Å². The quantitative estimate of drug-likeness (QED) is 0.640. The Kier molecular flexibility index (Phi) is 3.98. The molecule has 1 aliphatic heterocycles. The predicted molar refractivity (Wildman–Crippen MR) is 46.2 cm³/mol. The van der Waals surface area contributed by atoms with Crippen LogP contribution in [0.3, 0.4) is 0 Å². The largest absolute Gasteiger partial charge is 0.382 e. The third-order valence-corrected chi connectivity index (χ3v) is 2.28. The Balaban J connectivity index is 2.39. The summed E-state index contributed by atoms with van der Waals surface area (Å²) in [5, 5.41) is 0. The fourth-order valence-corrected chi connectivity index (χ4v) is 1.58. The maximum atomic E-state index is 5.58. The van der Waals surface area contributed by atoms with Crippen LogP contribution in [-0.4, -0.2) is 39.6 Å². The van der Waals surface area contributed by atoms with Gasteiger partial charge in [0, 0.05) is 20.8 Å². The van der Waals surface area contributed by atoms with Crippen LogP contribution in [0.5, 0.6) is 0 Å². The fraction of sp³-hybridized carbons (Fsp3) is 1.00. The molecule has 0 unspecified atom stereocenters. The van der Waals surface area contributed by atoms with Crippen LogP contribution in [0.4, 0.5) is 0 Å². The van der Waals surface area contributed by atoms with Crippen molar-refractivity contribution in [1.29, 1.82) is 0 Å². The first-order chi connectivity index (χ1) is 5.77. The molecular formula is C9H18O3. The van der Waals surface area contributed by atoms with Crippen LogP contribution in [-0.2, 0) is 14.2 Å². The molecule has 3 atom stereocenters. The Morgan fingerprint density at radius 2 is 2.17 bits per heavy atom. The number of ether oxygens (including phenoxy) is 3. The van der Waals surface area contributed by atoms with Gasteiger partial charge in [0.05, 0.1) is 12.7 Å². The summed E-state index contributed by atoms with van der Waals surface area (Å²) in [6, 6.07) is 0. The summed E-state index contributed by atoms with van der Waals surface area (Å²) in [5.41, 5.74) is 0. The topological polar surface area (TPSA) is 27.7 Å². The van der Waals surface area contributed by atoms with E-state index in [1.165, 1.54) is 0 Å². The molecule has 1 aliphatic rings. The van der Waals surface area contributed by atoms with Gasteiger partial charge in [-0.15, -0.1) is 0 Å². The van der Waals surface area contributed by atoms with Crippen molar-refractivity contribution in [2.45, 2.75) is 25.6 Å². The average molecular weight is 174 g/mol. The Morgan fingerprint density at radius 1 is 1.42 bits per heavy atom. The van der Waals surface area contributed by atoms with Gasteiger partial charge in [-0.2, -0.15) is 0 Å². The highest BCUT2D eigenvalue weighted by atomic mass is 16.6. The highest BCUT2D eigenvalue weighted by Crippen LogP contribution is 2.21. The van der Waals surface area contributed by atoms with Crippen molar-refractivity contribution in [2.24, 2.45) is 5.92 Å². The van der Waals surface area contributed by atoms with E-state index in [0.717, 1.165) is 13.0 Å². The molecule has 0 aromatic rings. The summed E-state index contributed by atoms with van der Waals surface area (Å²) in [6.45, 7) is 3.63. The van der Waals surface area contributed by atoms with Crippen molar-refractivity contribution in [3.63, 3.8) is 0 Å². The molecule has 1 heterocycles. The van der Waals surface area contributed by atoms with Crippen molar-refractivity contribution in [2.75, 3.05) is 27.4 Å². The van der Waals surface area contributed by atoms with Crippen molar-refractivity contribution >= 4 is 0 Å². The predicted octanol–water partition coefficient (Wildman–Crippen LogP) is 1.07. The van der Waals surface area contributed by atoms with Crippen LogP contribution in [0.25, 0.3) is 0 Å². The average Bonchev–Trinajstić information content (AvgIpc) is 2.08. The molecule has 0 spiro atoms. The highest BCUT2D eigenvalue weighted by molar-refractivity contribution is 4.77. The van der Waals surface area contributed by atoms with Crippen LogP contribution in [0.1, 0.15) is 13.3 Å². The van der Waals surface area contributed by atoms with Crippen LogP contribution in [0, 0.1) is 5.92 Å². The van der Waals surface area contributed by atoms with E-state index in [1.807, 2.05) is 0 Å². The Labute approximate surface area is 74.0 Å². The van der Waals surface area contributed by atoms with Gasteiger partial charge < -0.3 is 14.2 Å². The molecule has 0 bridgehead atoms. The van der Waals surface area contributed by atoms with Gasteiger partial charge in [0.1, 0.15) is 6.10 Å². The van der Waals surface area contributed by atoms with Gasteiger partial charge in [-0.1, -0.05) is 6.92 Å². The molecule has 3 heteroatoms. The molecule has 0 aliphatic carbocycles. The second kappa shape index (κ2) is 4.80. The molecule has 12 heavy (non-hydrogen) atoms. The molecule has 3 nitrogen and oxygen atoms in total. The summed E-state index contributed by atoms with van der Waals surface area (Å²) in [5.74, 6) is 0.600. The minimum atomic E-state index is 0.121. The van der Waals surface area contributed by atoms with Gasteiger partial charge in [-0.3, -0.25) is 0 Å². The lowest BCUT2D eigenvalue weighted by Crippen LogP contribution is -2.41. The lowest BCUT2D eigenvalue weighted by molar-refractivity contribution is -0.130. The smallest absolute Gasteiger partial charge is 0.107 e. The van der Waals surface area contributed by atoms with E-state index in [0.29, 0.717) is 12.5 Å². The summed E-state index contributed by atoms with van der Waals surface area (Å²) in [7, 11) is 3.42. The highest BCUT2D eigenvalue weighted by Gasteiger charge is 2.29. The van der Waals surface area contributed by atoms with Gasteiger partial charge in [-0.05, 0) is 12.3 Å². The van der Waals surface area contributed by atoms with Crippen LogP contribution >= 0.6 is 0 Å². The maximum absolute atomic E-state index is 5.58. The molecule has 1 rings (SSSR count). The Hall–Kier alpha value is -0.120. The normalized spacial score (nSPS) is 36.8. The van der Waals surface area contributed by atoms with Crippen molar-refractivity contribution in [3.8, 4) is 0 Å². The first-order valence-corrected chi connectivity index (χ1v) is 4.41. The molecule has 1 fully saturated rings. The van der Waals surface area contributed by atoms with E-state index in [1.54, 1.807) is 14.2 Å². The summed E-state index contributed by atoms with van der Waals surface area (Å²) in [6.07, 6.45) is 1.40. The van der Waals surface area contributed by atoms with Gasteiger partial charge >= 0.3 is 0 Å². The molecule has 0 radical (unpaired) electrons. The standard InChI is InChI=1S/C9H18O3/c1-7-4-8(11-3)9(6-10-2)12-5-7/h7-9H,4-6H2,1-3H3/t7-,8+,9+/m0/s1. The van der Waals surface area contributed by atoms with E-state index >= 15 is 0 Å². The number of hydrogen-bond donors (Lipinski definition) is 0. The molecule has 0 N–H and O–H groups in total. The van der Waals surface area contributed by atoms with Crippen molar-refractivity contribution in [3.05, 3.63) is 0 Å². The lowest BCUT2D eigenvalue weighted by atomic mass is 9.98. The molecule has 0 saturated carbocycles. The maximum Gasteiger partial charge on any atom is 0.107 e. The Morgan fingerprint density at radius 3 is 2.75 bits per heavy atom. The Bertz CT molecular complexity index is 127. The van der Waals surface area contributed by atoms with Crippen LogP contribution < -0.4 is 0 Å². The summed E-state index contributed by atoms with van der Waals surface area (Å²) >= 11 is 0. The SMILES string of the molecule is COC[C@H]1OC[C@@H](C)C[C@H]1OC. The van der Waals surface area contributed by atoms with Crippen molar-refractivity contribution in [1.82, 2.24) is 0 Å². The summed E-state index contributed by atoms with van der Waals surface area (Å²) < 4.78 is 15.9. The van der Waals surface area contributed by atoms with Gasteiger partial charge in [0.25, 0.3) is 0 Å². The van der Waals surface area contributed by atoms with E-state index in [2.05, 4.69) is 6.92 Å².